The number of nitrogens with one attached hydrogen (secondary N) is 1. The van der Waals surface area contributed by atoms with Crippen LogP contribution in [0.4, 0.5) is 0 Å². The van der Waals surface area contributed by atoms with Gasteiger partial charge in [0, 0.05) is 19.7 Å². The van der Waals surface area contributed by atoms with Crippen LogP contribution in [-0.2, 0) is 11.3 Å². The average Bonchev–Trinajstić information content (AvgIpc) is 2.73. The van der Waals surface area contributed by atoms with E-state index in [0.29, 0.717) is 24.8 Å². The largest absolute Gasteiger partial charge is 0.383 e. The van der Waals surface area contributed by atoms with E-state index in [-0.39, 0.29) is 11.9 Å². The van der Waals surface area contributed by atoms with Crippen LogP contribution >= 0.6 is 0 Å². The van der Waals surface area contributed by atoms with Crippen molar-refractivity contribution in [2.75, 3.05) is 13.7 Å². The molecule has 1 aromatic heterocycles. The fourth-order valence-electron chi connectivity index (χ4n) is 1.73. The smallest absolute Gasteiger partial charge is 0.269 e. The Hall–Kier alpha value is -1.36. The maximum atomic E-state index is 12.1. The molecule has 0 bridgehead atoms. The molecule has 0 saturated carbocycles. The molecule has 1 atom stereocenters. The van der Waals surface area contributed by atoms with Crippen LogP contribution < -0.4 is 5.32 Å². The van der Waals surface area contributed by atoms with E-state index in [0.717, 1.165) is 5.69 Å². The zero-order valence-corrected chi connectivity index (χ0v) is 11.9. The number of aromatic nitrogens is 2. The molecule has 0 aromatic carbocycles. The van der Waals surface area contributed by atoms with Crippen molar-refractivity contribution in [3.8, 4) is 0 Å². The standard InChI is InChI=1S/C13H23N3O2/c1-6-16-12(7-11(15-16)9(2)3)13(17)14-10(4)8-18-5/h7,9-10H,6,8H2,1-5H3,(H,14,17). The van der Waals surface area contributed by atoms with Gasteiger partial charge in [-0.2, -0.15) is 5.10 Å². The zero-order chi connectivity index (χ0) is 13.7. The molecule has 0 fully saturated rings. The number of hydrogen-bond donors (Lipinski definition) is 1. The first kappa shape index (κ1) is 14.7. The summed E-state index contributed by atoms with van der Waals surface area (Å²) in [6.45, 7) is 9.22. The quantitative estimate of drug-likeness (QED) is 0.841. The fraction of sp³-hybridized carbons (Fsp3) is 0.692. The first-order valence-corrected chi connectivity index (χ1v) is 6.37. The summed E-state index contributed by atoms with van der Waals surface area (Å²) >= 11 is 0. The normalized spacial score (nSPS) is 12.8. The van der Waals surface area contributed by atoms with Gasteiger partial charge in [0.2, 0.25) is 0 Å². The Kier molecular flexibility index (Phi) is 5.34. The first-order valence-electron chi connectivity index (χ1n) is 6.37. The Labute approximate surface area is 109 Å². The fourth-order valence-corrected chi connectivity index (χ4v) is 1.73. The maximum absolute atomic E-state index is 12.1. The van der Waals surface area contributed by atoms with Crippen molar-refractivity contribution in [3.63, 3.8) is 0 Å². The molecule has 0 radical (unpaired) electrons. The van der Waals surface area contributed by atoms with E-state index in [1.165, 1.54) is 0 Å². The van der Waals surface area contributed by atoms with Crippen molar-refractivity contribution in [1.82, 2.24) is 15.1 Å². The number of rotatable bonds is 6. The number of nitrogens with zero attached hydrogens (tertiary/aromatic N) is 2. The Morgan fingerprint density at radius 1 is 1.50 bits per heavy atom. The van der Waals surface area contributed by atoms with Gasteiger partial charge in [0.1, 0.15) is 5.69 Å². The van der Waals surface area contributed by atoms with E-state index < -0.39 is 0 Å². The molecule has 0 aliphatic rings. The topological polar surface area (TPSA) is 56.2 Å². The van der Waals surface area contributed by atoms with Gasteiger partial charge in [0.25, 0.3) is 5.91 Å². The third kappa shape index (κ3) is 3.57. The molecular formula is C13H23N3O2. The Morgan fingerprint density at radius 3 is 2.67 bits per heavy atom. The number of ether oxygens (including phenoxy) is 1. The van der Waals surface area contributed by atoms with Crippen LogP contribution in [0.15, 0.2) is 6.07 Å². The second-order valence-electron chi connectivity index (χ2n) is 4.75. The Balaban J connectivity index is 2.84. The molecule has 1 rings (SSSR count). The van der Waals surface area contributed by atoms with Crippen LogP contribution in [0.1, 0.15) is 49.8 Å². The average molecular weight is 253 g/mol. The molecule has 5 nitrogen and oxygen atoms in total. The molecule has 0 aliphatic carbocycles. The summed E-state index contributed by atoms with van der Waals surface area (Å²) in [5.41, 5.74) is 1.56. The van der Waals surface area contributed by atoms with Gasteiger partial charge in [-0.3, -0.25) is 9.48 Å². The van der Waals surface area contributed by atoms with Crippen LogP contribution in [0.3, 0.4) is 0 Å². The van der Waals surface area contributed by atoms with Gasteiger partial charge >= 0.3 is 0 Å². The van der Waals surface area contributed by atoms with Crippen molar-refractivity contribution in [2.45, 2.75) is 46.2 Å². The second kappa shape index (κ2) is 6.54. The first-order chi connectivity index (χ1) is 8.49. The van der Waals surface area contributed by atoms with Crippen LogP contribution in [0, 0.1) is 0 Å². The van der Waals surface area contributed by atoms with Crippen LogP contribution in [-0.4, -0.2) is 35.4 Å². The lowest BCUT2D eigenvalue weighted by Gasteiger charge is -2.12. The monoisotopic (exact) mass is 253 g/mol. The number of hydrogen-bond acceptors (Lipinski definition) is 3. The Morgan fingerprint density at radius 2 is 2.17 bits per heavy atom. The summed E-state index contributed by atoms with van der Waals surface area (Å²) < 4.78 is 6.74. The van der Waals surface area contributed by atoms with Gasteiger partial charge in [-0.05, 0) is 25.8 Å². The third-order valence-corrected chi connectivity index (χ3v) is 2.72. The SMILES string of the molecule is CCn1nc(C(C)C)cc1C(=O)NC(C)COC. The summed E-state index contributed by atoms with van der Waals surface area (Å²) in [4.78, 5) is 12.1. The van der Waals surface area contributed by atoms with Gasteiger partial charge < -0.3 is 10.1 Å². The number of amides is 1. The lowest BCUT2D eigenvalue weighted by Crippen LogP contribution is -2.36. The summed E-state index contributed by atoms with van der Waals surface area (Å²) in [6, 6.07) is 1.86. The summed E-state index contributed by atoms with van der Waals surface area (Å²) in [6.07, 6.45) is 0. The van der Waals surface area contributed by atoms with Crippen LogP contribution in [0.5, 0.6) is 0 Å². The van der Waals surface area contributed by atoms with E-state index >= 15 is 0 Å². The number of aryl methyl sites for hydroxylation is 1. The molecule has 1 heterocycles. The third-order valence-electron chi connectivity index (χ3n) is 2.72. The van der Waals surface area contributed by atoms with Gasteiger partial charge in [0.05, 0.1) is 12.3 Å². The summed E-state index contributed by atoms with van der Waals surface area (Å²) in [5, 5.41) is 7.33. The van der Waals surface area contributed by atoms with E-state index in [9.17, 15) is 4.79 Å². The molecule has 0 aliphatic heterocycles. The van der Waals surface area contributed by atoms with Crippen molar-refractivity contribution >= 4 is 5.91 Å². The van der Waals surface area contributed by atoms with E-state index in [1.54, 1.807) is 11.8 Å². The highest BCUT2D eigenvalue weighted by atomic mass is 16.5. The second-order valence-corrected chi connectivity index (χ2v) is 4.75. The highest BCUT2D eigenvalue weighted by Crippen LogP contribution is 2.14. The molecule has 1 unspecified atom stereocenters. The number of carbonyl (C=O) groups excluding carboxylic acids is 1. The lowest BCUT2D eigenvalue weighted by molar-refractivity contribution is 0.0895. The van der Waals surface area contributed by atoms with Crippen molar-refractivity contribution in [2.24, 2.45) is 0 Å². The van der Waals surface area contributed by atoms with E-state index in [1.807, 2.05) is 19.9 Å². The van der Waals surface area contributed by atoms with Crippen molar-refractivity contribution in [1.29, 1.82) is 0 Å². The molecule has 0 spiro atoms. The number of carbonyl (C=O) groups is 1. The molecule has 1 aromatic rings. The van der Waals surface area contributed by atoms with Gasteiger partial charge in [-0.1, -0.05) is 13.8 Å². The van der Waals surface area contributed by atoms with Crippen molar-refractivity contribution < 1.29 is 9.53 Å². The minimum absolute atomic E-state index is 0.00907. The van der Waals surface area contributed by atoms with Crippen LogP contribution in [0.25, 0.3) is 0 Å². The molecule has 18 heavy (non-hydrogen) atoms. The molecular weight excluding hydrogens is 230 g/mol. The molecule has 102 valence electrons. The zero-order valence-electron chi connectivity index (χ0n) is 11.9. The van der Waals surface area contributed by atoms with Gasteiger partial charge in [-0.25, -0.2) is 0 Å². The maximum Gasteiger partial charge on any atom is 0.269 e. The minimum Gasteiger partial charge on any atom is -0.383 e. The molecule has 1 N–H and O–H groups in total. The minimum atomic E-state index is -0.0965. The molecule has 1 amide bonds. The van der Waals surface area contributed by atoms with Crippen LogP contribution in [0.2, 0.25) is 0 Å². The van der Waals surface area contributed by atoms with Gasteiger partial charge in [-0.15, -0.1) is 0 Å². The highest BCUT2D eigenvalue weighted by molar-refractivity contribution is 5.92. The van der Waals surface area contributed by atoms with E-state index in [2.05, 4.69) is 24.3 Å². The summed E-state index contributed by atoms with van der Waals surface area (Å²) in [7, 11) is 1.62. The van der Waals surface area contributed by atoms with Crippen molar-refractivity contribution in [3.05, 3.63) is 17.5 Å². The Bertz CT molecular complexity index is 399. The predicted molar refractivity (Wildman–Crippen MR) is 70.8 cm³/mol. The molecule has 5 heteroatoms. The van der Waals surface area contributed by atoms with Gasteiger partial charge in [0.15, 0.2) is 0 Å². The van der Waals surface area contributed by atoms with E-state index in [4.69, 9.17) is 4.74 Å². The highest BCUT2D eigenvalue weighted by Gasteiger charge is 2.17. The lowest BCUT2D eigenvalue weighted by atomic mass is 10.1. The number of methoxy groups -OCH3 is 1. The summed E-state index contributed by atoms with van der Waals surface area (Å²) in [5.74, 6) is 0.224. The molecule has 0 saturated heterocycles. The predicted octanol–water partition coefficient (Wildman–Crippen LogP) is 1.79.